The van der Waals surface area contributed by atoms with Gasteiger partial charge < -0.3 is 0 Å². The van der Waals surface area contributed by atoms with Crippen LogP contribution in [0.2, 0.25) is 0 Å². The van der Waals surface area contributed by atoms with Crippen LogP contribution in [0.5, 0.6) is 0 Å². The van der Waals surface area contributed by atoms with Gasteiger partial charge in [0.05, 0.1) is 0 Å². The summed E-state index contributed by atoms with van der Waals surface area (Å²) in [6.07, 6.45) is 4.57. The van der Waals surface area contributed by atoms with Gasteiger partial charge in [-0.2, -0.15) is 0 Å². The topological polar surface area (TPSA) is 17.1 Å². The molecule has 1 aliphatic rings. The Morgan fingerprint density at radius 3 is 2.62 bits per heavy atom. The van der Waals surface area contributed by atoms with E-state index in [9.17, 15) is 4.79 Å². The number of fused-ring (bicyclic) bond motifs is 1. The Morgan fingerprint density at radius 1 is 1.23 bits per heavy atom. The molecule has 1 heteroatoms. The summed E-state index contributed by atoms with van der Waals surface area (Å²) in [4.78, 5) is 10.8. The molecule has 1 aliphatic carbocycles. The molecule has 0 unspecified atom stereocenters. The highest BCUT2D eigenvalue weighted by Crippen LogP contribution is 2.29. The predicted molar refractivity (Wildman–Crippen MR) is 53.3 cm³/mol. The van der Waals surface area contributed by atoms with Crippen molar-refractivity contribution in [3.8, 4) is 0 Å². The number of carbonyl (C=O) groups is 1. The molecule has 0 bridgehead atoms. The molecule has 0 saturated heterocycles. The van der Waals surface area contributed by atoms with Gasteiger partial charge in [0.2, 0.25) is 0 Å². The van der Waals surface area contributed by atoms with Gasteiger partial charge in [0, 0.05) is 5.56 Å². The molecule has 1 aromatic rings. The van der Waals surface area contributed by atoms with E-state index in [1.54, 1.807) is 0 Å². The molecule has 1 aromatic carbocycles. The van der Waals surface area contributed by atoms with E-state index in [4.69, 9.17) is 0 Å². The molecule has 0 fully saturated rings. The summed E-state index contributed by atoms with van der Waals surface area (Å²) < 4.78 is 0. The Labute approximate surface area is 78.8 Å². The number of hydrogen-bond acceptors (Lipinski definition) is 1. The fraction of sp³-hybridized carbons (Fsp3) is 0.417. The first-order valence-corrected chi connectivity index (χ1v) is 4.81. The van der Waals surface area contributed by atoms with Crippen LogP contribution < -0.4 is 0 Å². The van der Waals surface area contributed by atoms with E-state index in [1.165, 1.54) is 35.1 Å². The Morgan fingerprint density at radius 2 is 1.92 bits per heavy atom. The molecular weight excluding hydrogens is 160 g/mol. The first kappa shape index (κ1) is 8.49. The average Bonchev–Trinajstić information content (AvgIpc) is 2.60. The summed E-state index contributed by atoms with van der Waals surface area (Å²) >= 11 is 0. The van der Waals surface area contributed by atoms with Crippen molar-refractivity contribution >= 4 is 6.29 Å². The van der Waals surface area contributed by atoms with Crippen LogP contribution in [-0.4, -0.2) is 6.29 Å². The largest absolute Gasteiger partial charge is 0.298 e. The van der Waals surface area contributed by atoms with Gasteiger partial charge in [-0.15, -0.1) is 0 Å². The lowest BCUT2D eigenvalue weighted by Crippen LogP contribution is -1.97. The van der Waals surface area contributed by atoms with Gasteiger partial charge in [-0.1, -0.05) is 0 Å². The van der Waals surface area contributed by atoms with Crippen molar-refractivity contribution in [3.05, 3.63) is 33.9 Å². The monoisotopic (exact) mass is 174 g/mol. The van der Waals surface area contributed by atoms with Gasteiger partial charge in [-0.05, 0) is 61.4 Å². The molecule has 0 atom stereocenters. The molecule has 0 aliphatic heterocycles. The number of aldehydes is 1. The highest BCUT2D eigenvalue weighted by atomic mass is 16.1. The van der Waals surface area contributed by atoms with Crippen LogP contribution in [0, 0.1) is 13.8 Å². The third kappa shape index (κ3) is 1.19. The normalized spacial score (nSPS) is 14.3. The Hall–Kier alpha value is -1.11. The van der Waals surface area contributed by atoms with Gasteiger partial charge in [0.1, 0.15) is 6.29 Å². The van der Waals surface area contributed by atoms with Crippen molar-refractivity contribution < 1.29 is 4.79 Å². The van der Waals surface area contributed by atoms with E-state index in [0.29, 0.717) is 0 Å². The van der Waals surface area contributed by atoms with Crippen molar-refractivity contribution in [2.75, 3.05) is 0 Å². The molecule has 0 heterocycles. The lowest BCUT2D eigenvalue weighted by atomic mass is 9.95. The lowest BCUT2D eigenvalue weighted by Gasteiger charge is -2.09. The number of hydrogen-bond donors (Lipinski definition) is 0. The van der Waals surface area contributed by atoms with Crippen molar-refractivity contribution in [1.82, 2.24) is 0 Å². The third-order valence-corrected chi connectivity index (χ3v) is 3.08. The molecule has 1 nitrogen and oxygen atoms in total. The number of rotatable bonds is 1. The SMILES string of the molecule is Cc1cc(C=O)c(C)c2c1CCC2. The van der Waals surface area contributed by atoms with Crippen LogP contribution in [0.25, 0.3) is 0 Å². The zero-order chi connectivity index (χ0) is 9.42. The van der Waals surface area contributed by atoms with E-state index < -0.39 is 0 Å². The molecule has 0 spiro atoms. The van der Waals surface area contributed by atoms with Crippen molar-refractivity contribution in [3.63, 3.8) is 0 Å². The van der Waals surface area contributed by atoms with E-state index >= 15 is 0 Å². The lowest BCUT2D eigenvalue weighted by molar-refractivity contribution is 0.112. The van der Waals surface area contributed by atoms with Gasteiger partial charge in [0.15, 0.2) is 0 Å². The molecule has 2 rings (SSSR count). The molecule has 13 heavy (non-hydrogen) atoms. The van der Waals surface area contributed by atoms with Gasteiger partial charge in [0.25, 0.3) is 0 Å². The van der Waals surface area contributed by atoms with Crippen molar-refractivity contribution in [2.24, 2.45) is 0 Å². The maximum Gasteiger partial charge on any atom is 0.150 e. The predicted octanol–water partition coefficient (Wildman–Crippen LogP) is 2.60. The third-order valence-electron chi connectivity index (χ3n) is 3.08. The number of benzene rings is 1. The highest BCUT2D eigenvalue weighted by Gasteiger charge is 2.17. The second-order valence-corrected chi connectivity index (χ2v) is 3.84. The summed E-state index contributed by atoms with van der Waals surface area (Å²) in [7, 11) is 0. The maximum absolute atomic E-state index is 10.8. The second-order valence-electron chi connectivity index (χ2n) is 3.84. The first-order chi connectivity index (χ1) is 6.24. The van der Waals surface area contributed by atoms with Crippen LogP contribution in [0.3, 0.4) is 0 Å². The summed E-state index contributed by atoms with van der Waals surface area (Å²) in [5.41, 5.74) is 6.29. The van der Waals surface area contributed by atoms with E-state index in [1.807, 2.05) is 6.07 Å². The van der Waals surface area contributed by atoms with Gasteiger partial charge in [-0.25, -0.2) is 0 Å². The minimum atomic E-state index is 0.873. The fourth-order valence-electron chi connectivity index (χ4n) is 2.32. The highest BCUT2D eigenvalue weighted by molar-refractivity contribution is 5.79. The number of aryl methyl sites for hydroxylation is 1. The molecule has 0 aromatic heterocycles. The molecule has 0 radical (unpaired) electrons. The minimum Gasteiger partial charge on any atom is -0.298 e. The minimum absolute atomic E-state index is 0.873. The molecular formula is C12H14O. The van der Waals surface area contributed by atoms with E-state index in [0.717, 1.165) is 18.3 Å². The second kappa shape index (κ2) is 2.99. The Kier molecular flexibility index (Phi) is 1.95. The summed E-state index contributed by atoms with van der Waals surface area (Å²) in [6, 6.07) is 2.02. The molecule has 68 valence electrons. The van der Waals surface area contributed by atoms with Gasteiger partial charge >= 0.3 is 0 Å². The van der Waals surface area contributed by atoms with Crippen LogP contribution in [0.1, 0.15) is 39.0 Å². The Balaban J connectivity index is 2.69. The van der Waals surface area contributed by atoms with Crippen LogP contribution >= 0.6 is 0 Å². The molecule has 0 saturated carbocycles. The van der Waals surface area contributed by atoms with Crippen molar-refractivity contribution in [2.45, 2.75) is 33.1 Å². The van der Waals surface area contributed by atoms with Gasteiger partial charge in [-0.3, -0.25) is 4.79 Å². The quantitative estimate of drug-likeness (QED) is 0.598. The van der Waals surface area contributed by atoms with Crippen LogP contribution in [0.15, 0.2) is 6.07 Å². The standard InChI is InChI=1S/C12H14O/c1-8-6-10(7-13)9(2)12-5-3-4-11(8)12/h6-7H,3-5H2,1-2H3. The first-order valence-electron chi connectivity index (χ1n) is 4.81. The van der Waals surface area contributed by atoms with Crippen LogP contribution in [0.4, 0.5) is 0 Å². The van der Waals surface area contributed by atoms with E-state index in [-0.39, 0.29) is 0 Å². The summed E-state index contributed by atoms with van der Waals surface area (Å²) in [5.74, 6) is 0. The molecule has 0 N–H and O–H groups in total. The fourth-order valence-corrected chi connectivity index (χ4v) is 2.32. The van der Waals surface area contributed by atoms with Crippen LogP contribution in [-0.2, 0) is 12.8 Å². The maximum atomic E-state index is 10.8. The smallest absolute Gasteiger partial charge is 0.150 e. The summed E-state index contributed by atoms with van der Waals surface area (Å²) in [6.45, 7) is 4.17. The van der Waals surface area contributed by atoms with E-state index in [2.05, 4.69) is 13.8 Å². The van der Waals surface area contributed by atoms with Crippen molar-refractivity contribution in [1.29, 1.82) is 0 Å². The average molecular weight is 174 g/mol. The summed E-state index contributed by atoms with van der Waals surface area (Å²) in [5, 5.41) is 0. The zero-order valence-electron chi connectivity index (χ0n) is 8.18. The number of carbonyl (C=O) groups excluding carboxylic acids is 1. The molecule has 0 amide bonds. The zero-order valence-corrected chi connectivity index (χ0v) is 8.18. The Bertz CT molecular complexity index is 364.